The summed E-state index contributed by atoms with van der Waals surface area (Å²) in [5.41, 5.74) is 0.0638. The summed E-state index contributed by atoms with van der Waals surface area (Å²) in [7, 11) is -3.25. The van der Waals surface area contributed by atoms with E-state index in [2.05, 4.69) is 20.7 Å². The molecular weight excluding hydrogens is 346 g/mol. The molecule has 2 heterocycles. The zero-order valence-electron chi connectivity index (χ0n) is 14.0. The molecule has 0 aromatic carbocycles. The number of rotatable bonds is 6. The van der Waals surface area contributed by atoms with Gasteiger partial charge in [0, 0.05) is 19.5 Å². The lowest BCUT2D eigenvalue weighted by molar-refractivity contribution is -0.115. The molecule has 1 aromatic heterocycles. The first-order valence-corrected chi connectivity index (χ1v) is 10.4. The van der Waals surface area contributed by atoms with Gasteiger partial charge in [0.1, 0.15) is 0 Å². The largest absolute Gasteiger partial charge is 0.337 e. The van der Waals surface area contributed by atoms with Crippen LogP contribution in [0.15, 0.2) is 0 Å². The van der Waals surface area contributed by atoms with Crippen LogP contribution in [-0.4, -0.2) is 64.6 Å². The highest BCUT2D eigenvalue weighted by molar-refractivity contribution is 7.92. The Hall–Kier alpha value is -1.97. The van der Waals surface area contributed by atoms with Crippen LogP contribution in [0.4, 0.5) is 5.82 Å². The number of aromatic nitrogens is 3. The highest BCUT2D eigenvalue weighted by Crippen LogP contribution is 2.25. The average Bonchev–Trinajstić information content (AvgIpc) is 3.33. The van der Waals surface area contributed by atoms with Crippen molar-refractivity contribution in [1.82, 2.24) is 20.3 Å². The van der Waals surface area contributed by atoms with Gasteiger partial charge in [-0.25, -0.2) is 8.42 Å². The van der Waals surface area contributed by atoms with Gasteiger partial charge in [-0.15, -0.1) is 10.2 Å². The van der Waals surface area contributed by atoms with Crippen molar-refractivity contribution in [3.05, 3.63) is 5.69 Å². The summed E-state index contributed by atoms with van der Waals surface area (Å²) >= 11 is 0. The number of nitrogens with one attached hydrogen (secondary N) is 2. The fourth-order valence-corrected chi connectivity index (χ4v) is 5.24. The lowest BCUT2D eigenvalue weighted by Gasteiger charge is -2.14. The van der Waals surface area contributed by atoms with Crippen LogP contribution in [0.1, 0.15) is 55.4 Å². The van der Waals surface area contributed by atoms with Gasteiger partial charge in [-0.2, -0.15) is 5.21 Å². The molecule has 0 atom stereocenters. The third-order valence-electron chi connectivity index (χ3n) is 4.83. The van der Waals surface area contributed by atoms with E-state index >= 15 is 0 Å². The molecule has 1 saturated carbocycles. The number of sulfone groups is 1. The molecule has 1 aromatic rings. The van der Waals surface area contributed by atoms with Crippen LogP contribution in [0.25, 0.3) is 0 Å². The number of nitrogens with zero attached hydrogens (tertiary/aromatic N) is 3. The van der Waals surface area contributed by atoms with Crippen LogP contribution in [-0.2, 0) is 14.6 Å². The van der Waals surface area contributed by atoms with Gasteiger partial charge >= 0.3 is 0 Å². The average molecular weight is 369 g/mol. The molecule has 0 radical (unpaired) electrons. The smallest absolute Gasteiger partial charge is 0.278 e. The highest BCUT2D eigenvalue weighted by atomic mass is 32.2. The van der Waals surface area contributed by atoms with Crippen molar-refractivity contribution in [3.8, 4) is 0 Å². The maximum Gasteiger partial charge on any atom is 0.278 e. The van der Waals surface area contributed by atoms with Gasteiger partial charge in [0.05, 0.1) is 11.0 Å². The lowest BCUT2D eigenvalue weighted by Crippen LogP contribution is -2.29. The Balaban J connectivity index is 1.56. The molecule has 1 aliphatic carbocycles. The van der Waals surface area contributed by atoms with Crippen LogP contribution in [0.3, 0.4) is 0 Å². The number of anilines is 1. The number of amides is 2. The molecule has 1 saturated heterocycles. The van der Waals surface area contributed by atoms with Gasteiger partial charge in [0.15, 0.2) is 21.3 Å². The molecule has 0 unspecified atom stereocenters. The Morgan fingerprint density at radius 1 is 1.12 bits per heavy atom. The quantitative estimate of drug-likeness (QED) is 0.761. The molecule has 2 aliphatic rings. The second kappa shape index (κ2) is 7.51. The molecule has 25 heavy (non-hydrogen) atoms. The summed E-state index contributed by atoms with van der Waals surface area (Å²) in [6.45, 7) is 1.33. The minimum absolute atomic E-state index is 0.0557. The van der Waals surface area contributed by atoms with E-state index in [4.69, 9.17) is 0 Å². The van der Waals surface area contributed by atoms with Crippen molar-refractivity contribution in [2.24, 2.45) is 0 Å². The number of carbonyl (C=O) groups is 2. The van der Waals surface area contributed by atoms with Crippen molar-refractivity contribution in [2.45, 2.75) is 50.2 Å². The van der Waals surface area contributed by atoms with Crippen LogP contribution in [0.5, 0.6) is 0 Å². The summed E-state index contributed by atoms with van der Waals surface area (Å²) in [5.74, 6) is -0.886. The predicted molar refractivity (Wildman–Crippen MR) is 90.8 cm³/mol. The van der Waals surface area contributed by atoms with Gasteiger partial charge in [0.2, 0.25) is 5.91 Å². The number of H-pyrrole nitrogens is 1. The molecule has 2 N–H and O–H groups in total. The third-order valence-corrected chi connectivity index (χ3v) is 7.09. The topological polar surface area (TPSA) is 125 Å². The number of aromatic amines is 1. The van der Waals surface area contributed by atoms with Gasteiger partial charge in [-0.3, -0.25) is 9.59 Å². The van der Waals surface area contributed by atoms with E-state index in [0.717, 1.165) is 25.7 Å². The van der Waals surface area contributed by atoms with Crippen molar-refractivity contribution in [2.75, 3.05) is 24.2 Å². The normalized spacial score (nSPS) is 18.6. The Bertz CT molecular complexity index is 733. The van der Waals surface area contributed by atoms with E-state index in [1.807, 2.05) is 0 Å². The first-order valence-electron chi connectivity index (χ1n) is 8.69. The predicted octanol–water partition coefficient (Wildman–Crippen LogP) is 0.727. The SMILES string of the molecule is O=C(CCS(=O)(=O)C1CCCC1)Nc1n[nH]nc1C(=O)N1CCCC1. The first-order chi connectivity index (χ1) is 12.0. The molecule has 138 valence electrons. The zero-order valence-corrected chi connectivity index (χ0v) is 14.8. The molecular formula is C15H23N5O4S. The summed E-state index contributed by atoms with van der Waals surface area (Å²) in [4.78, 5) is 26.1. The van der Waals surface area contributed by atoms with Gasteiger partial charge in [0.25, 0.3) is 5.91 Å². The molecule has 3 rings (SSSR count). The van der Waals surface area contributed by atoms with E-state index in [0.29, 0.717) is 25.9 Å². The minimum atomic E-state index is -3.25. The zero-order chi connectivity index (χ0) is 17.9. The fraction of sp³-hybridized carbons (Fsp3) is 0.733. The number of hydrogen-bond donors (Lipinski definition) is 2. The van der Waals surface area contributed by atoms with E-state index in [1.165, 1.54) is 0 Å². The van der Waals surface area contributed by atoms with Crippen LogP contribution < -0.4 is 5.32 Å². The second-order valence-corrected chi connectivity index (χ2v) is 8.99. The Morgan fingerprint density at radius 2 is 1.80 bits per heavy atom. The van der Waals surface area contributed by atoms with Crippen LogP contribution >= 0.6 is 0 Å². The van der Waals surface area contributed by atoms with E-state index in [-0.39, 0.29) is 34.8 Å². The molecule has 10 heteroatoms. The van der Waals surface area contributed by atoms with Gasteiger partial charge in [-0.1, -0.05) is 12.8 Å². The molecule has 1 aliphatic heterocycles. The summed E-state index contributed by atoms with van der Waals surface area (Å²) in [6, 6.07) is 0. The van der Waals surface area contributed by atoms with Crippen molar-refractivity contribution < 1.29 is 18.0 Å². The van der Waals surface area contributed by atoms with Crippen LogP contribution in [0, 0.1) is 0 Å². The molecule has 2 fully saturated rings. The number of hydrogen-bond acceptors (Lipinski definition) is 6. The maximum atomic E-state index is 12.4. The standard InChI is InChI=1S/C15H23N5O4S/c21-12(7-10-25(23,24)11-5-1-2-6-11)16-14-13(17-19-18-14)15(22)20-8-3-4-9-20/h11H,1-10H2,(H2,16,17,18,19,21). The Labute approximate surface area is 146 Å². The first kappa shape index (κ1) is 17.8. The minimum Gasteiger partial charge on any atom is -0.337 e. The molecule has 0 spiro atoms. The lowest BCUT2D eigenvalue weighted by atomic mass is 10.3. The summed E-state index contributed by atoms with van der Waals surface area (Å²) < 4.78 is 24.4. The Morgan fingerprint density at radius 3 is 2.48 bits per heavy atom. The van der Waals surface area contributed by atoms with E-state index in [1.54, 1.807) is 4.90 Å². The van der Waals surface area contributed by atoms with Crippen molar-refractivity contribution in [3.63, 3.8) is 0 Å². The third kappa shape index (κ3) is 4.17. The number of carbonyl (C=O) groups excluding carboxylic acids is 2. The summed E-state index contributed by atoms with van der Waals surface area (Å²) in [6.07, 6.45) is 4.97. The molecule has 2 amide bonds. The highest BCUT2D eigenvalue weighted by Gasteiger charge is 2.30. The maximum absolute atomic E-state index is 12.4. The Kier molecular flexibility index (Phi) is 5.36. The van der Waals surface area contributed by atoms with Gasteiger partial charge in [-0.05, 0) is 25.7 Å². The number of likely N-dealkylation sites (tertiary alicyclic amines) is 1. The van der Waals surface area contributed by atoms with Gasteiger partial charge < -0.3 is 10.2 Å². The fourth-order valence-electron chi connectivity index (χ4n) is 3.38. The summed E-state index contributed by atoms with van der Waals surface area (Å²) in [5, 5.41) is 12.2. The van der Waals surface area contributed by atoms with E-state index < -0.39 is 15.7 Å². The second-order valence-electron chi connectivity index (χ2n) is 6.59. The molecule has 0 bridgehead atoms. The monoisotopic (exact) mass is 369 g/mol. The van der Waals surface area contributed by atoms with Crippen molar-refractivity contribution in [1.29, 1.82) is 0 Å². The van der Waals surface area contributed by atoms with E-state index in [9.17, 15) is 18.0 Å². The molecule has 9 nitrogen and oxygen atoms in total. The van der Waals surface area contributed by atoms with Crippen molar-refractivity contribution >= 4 is 27.5 Å². The van der Waals surface area contributed by atoms with Crippen LogP contribution in [0.2, 0.25) is 0 Å².